The maximum atomic E-state index is 12.3. The van der Waals surface area contributed by atoms with Crippen molar-refractivity contribution in [2.24, 2.45) is 5.92 Å². The summed E-state index contributed by atoms with van der Waals surface area (Å²) in [5.41, 5.74) is -0.473. The summed E-state index contributed by atoms with van der Waals surface area (Å²) in [7, 11) is 0. The number of amides is 1. The molecule has 0 aromatic rings. The Morgan fingerprint density at radius 2 is 2.00 bits per heavy atom. The first-order valence-corrected chi connectivity index (χ1v) is 6.00. The van der Waals surface area contributed by atoms with E-state index in [9.17, 15) is 9.59 Å². The molecule has 2 atom stereocenters. The second-order valence-corrected chi connectivity index (χ2v) is 5.69. The zero-order valence-electron chi connectivity index (χ0n) is 11.0. The highest BCUT2D eigenvalue weighted by Gasteiger charge is 2.37. The van der Waals surface area contributed by atoms with E-state index < -0.39 is 11.5 Å². The molecule has 0 radical (unpaired) electrons. The topological polar surface area (TPSA) is 69.6 Å². The molecule has 1 fully saturated rings. The molecule has 1 amide bonds. The van der Waals surface area contributed by atoms with E-state index in [0.29, 0.717) is 0 Å². The molecule has 0 aromatic carbocycles. The van der Waals surface area contributed by atoms with Gasteiger partial charge in [-0.05, 0) is 39.7 Å². The first kappa shape index (κ1) is 14.0. The van der Waals surface area contributed by atoms with E-state index in [2.05, 4.69) is 5.32 Å². The van der Waals surface area contributed by atoms with Crippen molar-refractivity contribution in [1.82, 2.24) is 10.2 Å². The van der Waals surface area contributed by atoms with Gasteiger partial charge in [-0.25, -0.2) is 0 Å². The minimum atomic E-state index is -0.973. The number of carbonyl (C=O) groups excluding carboxylic acids is 1. The number of hydrogen-bond acceptors (Lipinski definition) is 3. The first-order chi connectivity index (χ1) is 7.73. The number of carboxylic acids is 1. The Morgan fingerprint density at radius 3 is 2.35 bits per heavy atom. The molecular formula is C12H22N2O3. The minimum Gasteiger partial charge on any atom is -0.480 e. The van der Waals surface area contributed by atoms with Crippen LogP contribution in [-0.4, -0.2) is 46.6 Å². The quantitative estimate of drug-likeness (QED) is 0.764. The Kier molecular flexibility index (Phi) is 4.14. The van der Waals surface area contributed by atoms with Crippen LogP contribution in [0.2, 0.25) is 0 Å². The number of carbonyl (C=O) groups is 2. The van der Waals surface area contributed by atoms with Crippen molar-refractivity contribution in [1.29, 1.82) is 0 Å². The van der Waals surface area contributed by atoms with Crippen LogP contribution in [0.1, 0.15) is 34.1 Å². The zero-order chi connectivity index (χ0) is 13.2. The van der Waals surface area contributed by atoms with Crippen molar-refractivity contribution < 1.29 is 14.7 Å². The Balaban J connectivity index is 2.83. The normalized spacial score (nSPS) is 24.7. The van der Waals surface area contributed by atoms with Crippen LogP contribution in [0.15, 0.2) is 0 Å². The average Bonchev–Trinajstić information content (AvgIpc) is 2.58. The van der Waals surface area contributed by atoms with Crippen molar-refractivity contribution in [2.75, 3.05) is 13.1 Å². The maximum Gasteiger partial charge on any atom is 0.323 e. The van der Waals surface area contributed by atoms with Gasteiger partial charge in [0.1, 0.15) is 6.54 Å². The van der Waals surface area contributed by atoms with Crippen molar-refractivity contribution in [3.05, 3.63) is 0 Å². The first-order valence-electron chi connectivity index (χ1n) is 6.00. The largest absolute Gasteiger partial charge is 0.480 e. The van der Waals surface area contributed by atoms with Crippen LogP contribution in [-0.2, 0) is 9.59 Å². The fourth-order valence-corrected chi connectivity index (χ4v) is 2.11. The number of rotatable bonds is 3. The summed E-state index contributed by atoms with van der Waals surface area (Å²) in [6.45, 7) is 8.16. The van der Waals surface area contributed by atoms with Gasteiger partial charge in [0.05, 0.1) is 6.04 Å². The molecular weight excluding hydrogens is 220 g/mol. The van der Waals surface area contributed by atoms with Gasteiger partial charge in [0.25, 0.3) is 0 Å². The number of nitrogens with zero attached hydrogens (tertiary/aromatic N) is 1. The molecule has 0 saturated carbocycles. The lowest BCUT2D eigenvalue weighted by atomic mass is 9.98. The Hall–Kier alpha value is -1.10. The fourth-order valence-electron chi connectivity index (χ4n) is 2.11. The van der Waals surface area contributed by atoms with E-state index in [-0.39, 0.29) is 24.4 Å². The molecule has 0 aliphatic carbocycles. The number of hydrogen-bond donors (Lipinski definition) is 2. The van der Waals surface area contributed by atoms with Crippen LogP contribution in [0, 0.1) is 5.92 Å². The smallest absolute Gasteiger partial charge is 0.323 e. The van der Waals surface area contributed by atoms with Crippen molar-refractivity contribution in [3.8, 4) is 0 Å². The molecule has 1 aliphatic heterocycles. The zero-order valence-corrected chi connectivity index (χ0v) is 11.0. The molecule has 0 bridgehead atoms. The Labute approximate surface area is 102 Å². The average molecular weight is 242 g/mol. The summed E-state index contributed by atoms with van der Waals surface area (Å²) < 4.78 is 0. The molecule has 1 rings (SSSR count). The Bertz CT molecular complexity index is 309. The van der Waals surface area contributed by atoms with Gasteiger partial charge in [-0.3, -0.25) is 9.59 Å². The highest BCUT2D eigenvalue weighted by molar-refractivity contribution is 5.86. The Morgan fingerprint density at radius 1 is 1.41 bits per heavy atom. The summed E-state index contributed by atoms with van der Waals surface area (Å²) >= 11 is 0. The molecule has 98 valence electrons. The molecule has 0 spiro atoms. The highest BCUT2D eigenvalue weighted by Crippen LogP contribution is 2.21. The highest BCUT2D eigenvalue weighted by atomic mass is 16.4. The van der Waals surface area contributed by atoms with Crippen LogP contribution in [0.4, 0.5) is 0 Å². The van der Waals surface area contributed by atoms with Gasteiger partial charge in [0.2, 0.25) is 5.91 Å². The predicted molar refractivity (Wildman–Crippen MR) is 64.7 cm³/mol. The lowest BCUT2D eigenvalue weighted by Crippen LogP contribution is -2.55. The van der Waals surface area contributed by atoms with E-state index in [4.69, 9.17) is 5.11 Å². The molecule has 2 unspecified atom stereocenters. The molecule has 0 aromatic heterocycles. The van der Waals surface area contributed by atoms with E-state index in [1.165, 1.54) is 4.90 Å². The molecule has 1 aliphatic rings. The van der Waals surface area contributed by atoms with Crippen LogP contribution in [0.3, 0.4) is 0 Å². The fraction of sp³-hybridized carbons (Fsp3) is 0.833. The standard InChI is InChI=1S/C12H22N2O3/c1-8-5-6-13-10(8)11(17)14(7-9(15)16)12(2,3)4/h8,10,13H,5-7H2,1-4H3,(H,15,16). The van der Waals surface area contributed by atoms with Gasteiger partial charge in [-0.2, -0.15) is 0 Å². The third-order valence-electron chi connectivity index (χ3n) is 3.17. The lowest BCUT2D eigenvalue weighted by molar-refractivity contribution is -0.149. The van der Waals surface area contributed by atoms with Crippen LogP contribution < -0.4 is 5.32 Å². The second kappa shape index (κ2) is 5.04. The van der Waals surface area contributed by atoms with E-state index in [1.54, 1.807) is 0 Å². The molecule has 17 heavy (non-hydrogen) atoms. The van der Waals surface area contributed by atoms with Crippen LogP contribution >= 0.6 is 0 Å². The maximum absolute atomic E-state index is 12.3. The van der Waals surface area contributed by atoms with Gasteiger partial charge in [-0.1, -0.05) is 6.92 Å². The minimum absolute atomic E-state index is 0.107. The number of aliphatic carboxylic acids is 1. The summed E-state index contributed by atoms with van der Waals surface area (Å²) in [4.78, 5) is 24.6. The van der Waals surface area contributed by atoms with Crippen LogP contribution in [0.25, 0.3) is 0 Å². The van der Waals surface area contributed by atoms with E-state index >= 15 is 0 Å². The summed E-state index contributed by atoms with van der Waals surface area (Å²) in [6, 6.07) is -0.242. The van der Waals surface area contributed by atoms with Gasteiger partial charge < -0.3 is 15.3 Å². The lowest BCUT2D eigenvalue weighted by Gasteiger charge is -2.37. The van der Waals surface area contributed by atoms with E-state index in [1.807, 2.05) is 27.7 Å². The van der Waals surface area contributed by atoms with Crippen LogP contribution in [0.5, 0.6) is 0 Å². The monoisotopic (exact) mass is 242 g/mol. The molecule has 1 heterocycles. The third-order valence-corrected chi connectivity index (χ3v) is 3.17. The van der Waals surface area contributed by atoms with Gasteiger partial charge >= 0.3 is 5.97 Å². The summed E-state index contributed by atoms with van der Waals surface area (Å²) in [5, 5.41) is 12.0. The summed E-state index contributed by atoms with van der Waals surface area (Å²) in [5.74, 6) is -0.815. The molecule has 5 heteroatoms. The van der Waals surface area contributed by atoms with Gasteiger partial charge in [0, 0.05) is 5.54 Å². The summed E-state index contributed by atoms with van der Waals surface area (Å²) in [6.07, 6.45) is 0.960. The SMILES string of the molecule is CC1CCNC1C(=O)N(CC(=O)O)C(C)(C)C. The molecule has 2 N–H and O–H groups in total. The third kappa shape index (κ3) is 3.43. The van der Waals surface area contributed by atoms with Crippen molar-refractivity contribution in [2.45, 2.75) is 45.7 Å². The predicted octanol–water partition coefficient (Wildman–Crippen LogP) is 0.696. The van der Waals surface area contributed by atoms with Gasteiger partial charge in [-0.15, -0.1) is 0 Å². The number of carboxylic acid groups (broad SMARTS) is 1. The van der Waals surface area contributed by atoms with E-state index in [0.717, 1.165) is 13.0 Å². The second-order valence-electron chi connectivity index (χ2n) is 5.69. The van der Waals surface area contributed by atoms with Crippen molar-refractivity contribution in [3.63, 3.8) is 0 Å². The van der Waals surface area contributed by atoms with Crippen molar-refractivity contribution >= 4 is 11.9 Å². The molecule has 5 nitrogen and oxygen atoms in total. The van der Waals surface area contributed by atoms with Gasteiger partial charge in [0.15, 0.2) is 0 Å². The molecule has 1 saturated heterocycles. The number of nitrogens with one attached hydrogen (secondary N) is 1.